The van der Waals surface area contributed by atoms with Crippen molar-refractivity contribution in [2.45, 2.75) is 58.8 Å². The third-order valence-electron chi connectivity index (χ3n) is 4.27. The molecule has 0 amide bonds. The zero-order chi connectivity index (χ0) is 15.7. The first-order valence-electron chi connectivity index (χ1n) is 8.15. The van der Waals surface area contributed by atoms with E-state index in [0.717, 1.165) is 25.7 Å². The van der Waals surface area contributed by atoms with Gasteiger partial charge in [-0.1, -0.05) is 32.1 Å². The molecule has 0 aromatic heterocycles. The SMILES string of the molecule is CCOC(=O)C(CCN)(CC1CCCCC1)C(=O)OCC. The molecule has 0 aromatic rings. The minimum absolute atomic E-state index is 0.259. The maximum Gasteiger partial charge on any atom is 0.323 e. The lowest BCUT2D eigenvalue weighted by Gasteiger charge is -2.33. The van der Waals surface area contributed by atoms with E-state index in [2.05, 4.69) is 0 Å². The number of rotatable bonds is 8. The van der Waals surface area contributed by atoms with E-state index in [4.69, 9.17) is 15.2 Å². The van der Waals surface area contributed by atoms with Gasteiger partial charge in [0.05, 0.1) is 13.2 Å². The van der Waals surface area contributed by atoms with E-state index in [0.29, 0.717) is 18.8 Å². The van der Waals surface area contributed by atoms with Gasteiger partial charge in [-0.25, -0.2) is 0 Å². The molecule has 1 aliphatic carbocycles. The lowest BCUT2D eigenvalue weighted by molar-refractivity contribution is -0.174. The Hall–Kier alpha value is -1.10. The van der Waals surface area contributed by atoms with Gasteiger partial charge in [0.15, 0.2) is 5.41 Å². The van der Waals surface area contributed by atoms with E-state index in [-0.39, 0.29) is 19.8 Å². The van der Waals surface area contributed by atoms with Gasteiger partial charge in [-0.3, -0.25) is 9.59 Å². The monoisotopic (exact) mass is 299 g/mol. The van der Waals surface area contributed by atoms with Crippen LogP contribution < -0.4 is 5.73 Å². The average Bonchev–Trinajstić information content (AvgIpc) is 2.48. The molecule has 1 rings (SSSR count). The molecule has 21 heavy (non-hydrogen) atoms. The first kappa shape index (κ1) is 18.0. The molecule has 5 nitrogen and oxygen atoms in total. The van der Waals surface area contributed by atoms with Crippen LogP contribution in [0.4, 0.5) is 0 Å². The van der Waals surface area contributed by atoms with Crippen molar-refractivity contribution < 1.29 is 19.1 Å². The number of carbonyl (C=O) groups is 2. The smallest absolute Gasteiger partial charge is 0.323 e. The third-order valence-corrected chi connectivity index (χ3v) is 4.27. The summed E-state index contributed by atoms with van der Waals surface area (Å²) in [6.45, 7) is 4.28. The van der Waals surface area contributed by atoms with Crippen LogP contribution in [0, 0.1) is 11.3 Å². The van der Waals surface area contributed by atoms with Crippen molar-refractivity contribution >= 4 is 11.9 Å². The van der Waals surface area contributed by atoms with Gasteiger partial charge in [0.1, 0.15) is 0 Å². The molecular formula is C16H29NO4. The summed E-state index contributed by atoms with van der Waals surface area (Å²) in [6.07, 6.45) is 6.47. The highest BCUT2D eigenvalue weighted by Crippen LogP contribution is 2.39. The summed E-state index contributed by atoms with van der Waals surface area (Å²) in [4.78, 5) is 24.9. The Bertz CT molecular complexity index is 319. The Kier molecular flexibility index (Phi) is 7.72. The summed E-state index contributed by atoms with van der Waals surface area (Å²) in [5.41, 5.74) is 4.45. The molecule has 0 aliphatic heterocycles. The van der Waals surface area contributed by atoms with Crippen molar-refractivity contribution in [3.8, 4) is 0 Å². The highest BCUT2D eigenvalue weighted by atomic mass is 16.6. The summed E-state index contributed by atoms with van der Waals surface area (Å²) >= 11 is 0. The predicted molar refractivity (Wildman–Crippen MR) is 80.6 cm³/mol. The second-order valence-electron chi connectivity index (χ2n) is 5.77. The molecule has 0 aromatic carbocycles. The van der Waals surface area contributed by atoms with Crippen molar-refractivity contribution in [1.82, 2.24) is 0 Å². The number of ether oxygens (including phenoxy) is 2. The molecule has 5 heteroatoms. The number of esters is 2. The molecule has 0 heterocycles. The normalized spacial score (nSPS) is 16.5. The zero-order valence-corrected chi connectivity index (χ0v) is 13.4. The fraction of sp³-hybridized carbons (Fsp3) is 0.875. The van der Waals surface area contributed by atoms with E-state index in [1.54, 1.807) is 13.8 Å². The van der Waals surface area contributed by atoms with Crippen LogP contribution in [0.15, 0.2) is 0 Å². The predicted octanol–water partition coefficient (Wildman–Crippen LogP) is 2.42. The van der Waals surface area contributed by atoms with Crippen LogP contribution in [0.5, 0.6) is 0 Å². The molecule has 1 saturated carbocycles. The van der Waals surface area contributed by atoms with Crippen LogP contribution in [0.25, 0.3) is 0 Å². The summed E-state index contributed by atoms with van der Waals surface area (Å²) in [5, 5.41) is 0. The average molecular weight is 299 g/mol. The number of hydrogen-bond acceptors (Lipinski definition) is 5. The fourth-order valence-corrected chi connectivity index (χ4v) is 3.23. The molecule has 0 unspecified atom stereocenters. The third kappa shape index (κ3) is 4.70. The highest BCUT2D eigenvalue weighted by molar-refractivity contribution is 6.00. The van der Waals surface area contributed by atoms with Gasteiger partial charge in [-0.15, -0.1) is 0 Å². The summed E-state index contributed by atoms with van der Waals surface area (Å²) in [6, 6.07) is 0. The molecule has 0 atom stereocenters. The number of nitrogens with two attached hydrogens (primary N) is 1. The first-order chi connectivity index (χ1) is 10.1. The van der Waals surface area contributed by atoms with E-state index in [1.807, 2.05) is 0 Å². The van der Waals surface area contributed by atoms with E-state index >= 15 is 0 Å². The Balaban J connectivity index is 2.96. The second kappa shape index (κ2) is 9.03. The second-order valence-corrected chi connectivity index (χ2v) is 5.77. The zero-order valence-electron chi connectivity index (χ0n) is 13.4. The topological polar surface area (TPSA) is 78.6 Å². The molecule has 2 N–H and O–H groups in total. The summed E-state index contributed by atoms with van der Waals surface area (Å²) in [5.74, 6) is -0.571. The summed E-state index contributed by atoms with van der Waals surface area (Å²) < 4.78 is 10.3. The van der Waals surface area contributed by atoms with Gasteiger partial charge in [-0.2, -0.15) is 0 Å². The minimum atomic E-state index is -1.22. The van der Waals surface area contributed by atoms with Crippen LogP contribution in [0.1, 0.15) is 58.8 Å². The van der Waals surface area contributed by atoms with Gasteiger partial charge in [-0.05, 0) is 39.2 Å². The largest absolute Gasteiger partial charge is 0.465 e. The fourth-order valence-electron chi connectivity index (χ4n) is 3.23. The lowest BCUT2D eigenvalue weighted by atomic mass is 9.72. The van der Waals surface area contributed by atoms with Crippen LogP contribution in [0.2, 0.25) is 0 Å². The van der Waals surface area contributed by atoms with Crippen molar-refractivity contribution in [2.24, 2.45) is 17.1 Å². The van der Waals surface area contributed by atoms with Gasteiger partial charge >= 0.3 is 11.9 Å². The van der Waals surface area contributed by atoms with Crippen molar-refractivity contribution in [1.29, 1.82) is 0 Å². The Morgan fingerprint density at radius 3 is 2.00 bits per heavy atom. The van der Waals surface area contributed by atoms with E-state index < -0.39 is 17.4 Å². The molecule has 1 fully saturated rings. The maximum atomic E-state index is 12.5. The van der Waals surface area contributed by atoms with Crippen LogP contribution in [0.3, 0.4) is 0 Å². The molecule has 0 radical (unpaired) electrons. The van der Waals surface area contributed by atoms with Gasteiger partial charge in [0, 0.05) is 0 Å². The Labute approximate surface area is 127 Å². The molecule has 0 saturated heterocycles. The quantitative estimate of drug-likeness (QED) is 0.550. The van der Waals surface area contributed by atoms with Crippen molar-refractivity contribution in [3.63, 3.8) is 0 Å². The molecular weight excluding hydrogens is 270 g/mol. The van der Waals surface area contributed by atoms with E-state index in [1.165, 1.54) is 6.42 Å². The van der Waals surface area contributed by atoms with Gasteiger partial charge in [0.2, 0.25) is 0 Å². The standard InChI is InChI=1S/C16H29NO4/c1-3-20-14(18)16(10-11-17,15(19)21-4-2)12-13-8-6-5-7-9-13/h13H,3-12,17H2,1-2H3. The van der Waals surface area contributed by atoms with Gasteiger partial charge < -0.3 is 15.2 Å². The Morgan fingerprint density at radius 1 is 1.05 bits per heavy atom. The number of hydrogen-bond donors (Lipinski definition) is 1. The maximum absolute atomic E-state index is 12.5. The van der Waals surface area contributed by atoms with Crippen LogP contribution in [-0.2, 0) is 19.1 Å². The molecule has 1 aliphatic rings. The van der Waals surface area contributed by atoms with Crippen LogP contribution in [-0.4, -0.2) is 31.7 Å². The van der Waals surface area contributed by atoms with Crippen molar-refractivity contribution in [3.05, 3.63) is 0 Å². The number of carbonyl (C=O) groups excluding carboxylic acids is 2. The Morgan fingerprint density at radius 2 is 1.57 bits per heavy atom. The highest BCUT2D eigenvalue weighted by Gasteiger charge is 2.49. The lowest BCUT2D eigenvalue weighted by Crippen LogP contribution is -2.45. The van der Waals surface area contributed by atoms with E-state index in [9.17, 15) is 9.59 Å². The molecule has 0 spiro atoms. The molecule has 122 valence electrons. The van der Waals surface area contributed by atoms with Gasteiger partial charge in [0.25, 0.3) is 0 Å². The first-order valence-corrected chi connectivity index (χ1v) is 8.15. The summed E-state index contributed by atoms with van der Waals surface area (Å²) in [7, 11) is 0. The molecule has 0 bridgehead atoms. The van der Waals surface area contributed by atoms with Crippen LogP contribution >= 0.6 is 0 Å². The minimum Gasteiger partial charge on any atom is -0.465 e. The van der Waals surface area contributed by atoms with Crippen molar-refractivity contribution in [2.75, 3.05) is 19.8 Å².